The topological polar surface area (TPSA) is 116 Å². The SMILES string of the molecule is CSCCC(C)NC(=O)N[C@H](CCCC(=O)O)C(=O)O. The van der Waals surface area contributed by atoms with Crippen LogP contribution in [0.15, 0.2) is 0 Å². The van der Waals surface area contributed by atoms with E-state index < -0.39 is 24.0 Å². The number of rotatable bonds is 10. The third-order valence-electron chi connectivity index (χ3n) is 2.62. The summed E-state index contributed by atoms with van der Waals surface area (Å²) >= 11 is 1.67. The zero-order chi connectivity index (χ0) is 15.5. The predicted molar refractivity (Wildman–Crippen MR) is 77.0 cm³/mol. The molecule has 1 unspecified atom stereocenters. The molecule has 0 aliphatic heterocycles. The van der Waals surface area contributed by atoms with Crippen LogP contribution in [0.1, 0.15) is 32.6 Å². The predicted octanol–water partition coefficient (Wildman–Crippen LogP) is 1.14. The van der Waals surface area contributed by atoms with Gasteiger partial charge in [-0.15, -0.1) is 0 Å². The maximum absolute atomic E-state index is 11.6. The van der Waals surface area contributed by atoms with Crippen molar-refractivity contribution in [1.82, 2.24) is 10.6 Å². The minimum absolute atomic E-state index is 0.0454. The van der Waals surface area contributed by atoms with E-state index in [0.717, 1.165) is 12.2 Å². The first-order valence-electron chi connectivity index (χ1n) is 6.37. The summed E-state index contributed by atoms with van der Waals surface area (Å²) in [6.45, 7) is 1.84. The number of carbonyl (C=O) groups is 3. The molecule has 0 radical (unpaired) electrons. The first kappa shape index (κ1) is 18.6. The van der Waals surface area contributed by atoms with Gasteiger partial charge in [0.05, 0.1) is 0 Å². The first-order valence-corrected chi connectivity index (χ1v) is 7.76. The molecule has 0 aromatic heterocycles. The standard InChI is InChI=1S/C12H22N2O5S/c1-8(6-7-20-2)13-12(19)14-9(11(17)18)4-3-5-10(15)16/h8-9H,3-7H2,1-2H3,(H,15,16)(H,17,18)(H2,13,14,19)/t8?,9-/m1/s1. The molecule has 0 aliphatic carbocycles. The van der Waals surface area contributed by atoms with Gasteiger partial charge in [0.15, 0.2) is 0 Å². The third kappa shape index (κ3) is 9.48. The molecule has 0 aliphatic rings. The molecular weight excluding hydrogens is 284 g/mol. The summed E-state index contributed by atoms with van der Waals surface area (Å²) < 4.78 is 0. The number of urea groups is 1. The van der Waals surface area contributed by atoms with Crippen molar-refractivity contribution in [2.24, 2.45) is 0 Å². The summed E-state index contributed by atoms with van der Waals surface area (Å²) in [5.74, 6) is -1.24. The van der Waals surface area contributed by atoms with Crippen LogP contribution in [0.3, 0.4) is 0 Å². The lowest BCUT2D eigenvalue weighted by atomic mass is 10.1. The Kier molecular flexibility index (Phi) is 9.61. The second-order valence-corrected chi connectivity index (χ2v) is 5.46. The summed E-state index contributed by atoms with van der Waals surface area (Å²) in [5.41, 5.74) is 0. The van der Waals surface area contributed by atoms with Gasteiger partial charge < -0.3 is 20.8 Å². The fraction of sp³-hybridized carbons (Fsp3) is 0.750. The minimum atomic E-state index is -1.16. The Morgan fingerprint density at radius 1 is 1.15 bits per heavy atom. The Bertz CT molecular complexity index is 338. The van der Waals surface area contributed by atoms with E-state index in [1.807, 2.05) is 13.2 Å². The molecule has 0 saturated heterocycles. The van der Waals surface area contributed by atoms with Crippen LogP contribution >= 0.6 is 11.8 Å². The fourth-order valence-electron chi connectivity index (χ4n) is 1.51. The Balaban J connectivity index is 4.13. The van der Waals surface area contributed by atoms with Crippen LogP contribution in [-0.2, 0) is 9.59 Å². The fourth-order valence-corrected chi connectivity index (χ4v) is 2.09. The first-order chi connectivity index (χ1) is 9.36. The molecule has 0 bridgehead atoms. The van der Waals surface area contributed by atoms with E-state index in [1.54, 1.807) is 11.8 Å². The van der Waals surface area contributed by atoms with Crippen LogP contribution < -0.4 is 10.6 Å². The maximum Gasteiger partial charge on any atom is 0.326 e. The van der Waals surface area contributed by atoms with Gasteiger partial charge in [-0.25, -0.2) is 9.59 Å². The molecule has 0 aromatic rings. The average molecular weight is 306 g/mol. The van der Waals surface area contributed by atoms with Crippen molar-refractivity contribution in [2.45, 2.75) is 44.7 Å². The molecule has 0 spiro atoms. The largest absolute Gasteiger partial charge is 0.481 e. The van der Waals surface area contributed by atoms with E-state index in [2.05, 4.69) is 10.6 Å². The highest BCUT2D eigenvalue weighted by atomic mass is 32.2. The summed E-state index contributed by atoms with van der Waals surface area (Å²) in [6.07, 6.45) is 2.95. The lowest BCUT2D eigenvalue weighted by Crippen LogP contribution is -2.48. The van der Waals surface area contributed by atoms with Gasteiger partial charge in [0.2, 0.25) is 0 Å². The van der Waals surface area contributed by atoms with Crippen LogP contribution in [0.2, 0.25) is 0 Å². The number of thioether (sulfide) groups is 1. The highest BCUT2D eigenvalue weighted by molar-refractivity contribution is 7.98. The van der Waals surface area contributed by atoms with Crippen LogP contribution in [0.25, 0.3) is 0 Å². The highest BCUT2D eigenvalue weighted by Gasteiger charge is 2.20. The van der Waals surface area contributed by atoms with Gasteiger partial charge in [-0.3, -0.25) is 4.79 Å². The molecule has 0 aromatic carbocycles. The van der Waals surface area contributed by atoms with Crippen LogP contribution in [0, 0.1) is 0 Å². The van der Waals surface area contributed by atoms with E-state index in [1.165, 1.54) is 0 Å². The van der Waals surface area contributed by atoms with Gasteiger partial charge >= 0.3 is 18.0 Å². The maximum atomic E-state index is 11.6. The van der Waals surface area contributed by atoms with E-state index in [9.17, 15) is 14.4 Å². The van der Waals surface area contributed by atoms with Gasteiger partial charge in [-0.2, -0.15) is 11.8 Å². The molecule has 2 atom stereocenters. The normalized spacial score (nSPS) is 13.3. The molecular formula is C12H22N2O5S. The number of hydrogen-bond donors (Lipinski definition) is 4. The Morgan fingerprint density at radius 2 is 1.80 bits per heavy atom. The number of carboxylic acid groups (broad SMARTS) is 2. The van der Waals surface area contributed by atoms with E-state index in [0.29, 0.717) is 0 Å². The number of carboxylic acids is 2. The minimum Gasteiger partial charge on any atom is -0.481 e. The van der Waals surface area contributed by atoms with Crippen molar-refractivity contribution in [2.75, 3.05) is 12.0 Å². The second-order valence-electron chi connectivity index (χ2n) is 4.48. The number of carbonyl (C=O) groups excluding carboxylic acids is 1. The lowest BCUT2D eigenvalue weighted by molar-refractivity contribution is -0.140. The average Bonchev–Trinajstić information content (AvgIpc) is 2.34. The van der Waals surface area contributed by atoms with Crippen molar-refractivity contribution < 1.29 is 24.6 Å². The van der Waals surface area contributed by atoms with Gasteiger partial charge in [0, 0.05) is 12.5 Å². The Morgan fingerprint density at radius 3 is 2.30 bits per heavy atom. The number of aliphatic carboxylic acids is 2. The number of hydrogen-bond acceptors (Lipinski definition) is 4. The quantitative estimate of drug-likeness (QED) is 0.481. The summed E-state index contributed by atoms with van der Waals surface area (Å²) in [6, 6.07) is -1.65. The molecule has 2 amide bonds. The summed E-state index contributed by atoms with van der Waals surface area (Å²) in [4.78, 5) is 33.0. The zero-order valence-corrected chi connectivity index (χ0v) is 12.5. The van der Waals surface area contributed by atoms with Crippen LogP contribution in [0.5, 0.6) is 0 Å². The second kappa shape index (κ2) is 10.4. The summed E-state index contributed by atoms with van der Waals surface area (Å²) in [7, 11) is 0. The Labute approximate surface area is 122 Å². The molecule has 0 rings (SSSR count). The van der Waals surface area contributed by atoms with Crippen LogP contribution in [0.4, 0.5) is 4.79 Å². The summed E-state index contributed by atoms with van der Waals surface area (Å²) in [5, 5.41) is 22.5. The zero-order valence-electron chi connectivity index (χ0n) is 11.7. The van der Waals surface area contributed by atoms with Gasteiger partial charge in [0.1, 0.15) is 6.04 Å². The molecule has 0 heterocycles. The third-order valence-corrected chi connectivity index (χ3v) is 3.26. The lowest BCUT2D eigenvalue weighted by Gasteiger charge is -2.18. The van der Waals surface area contributed by atoms with Gasteiger partial charge in [-0.1, -0.05) is 0 Å². The molecule has 0 fully saturated rings. The molecule has 116 valence electrons. The highest BCUT2D eigenvalue weighted by Crippen LogP contribution is 2.03. The molecule has 20 heavy (non-hydrogen) atoms. The smallest absolute Gasteiger partial charge is 0.326 e. The number of amides is 2. The van der Waals surface area contributed by atoms with Gasteiger partial charge in [-0.05, 0) is 38.2 Å². The van der Waals surface area contributed by atoms with Crippen molar-refractivity contribution in [3.8, 4) is 0 Å². The van der Waals surface area contributed by atoms with Crippen molar-refractivity contribution >= 4 is 29.7 Å². The van der Waals surface area contributed by atoms with E-state index in [4.69, 9.17) is 10.2 Å². The van der Waals surface area contributed by atoms with Crippen molar-refractivity contribution in [3.05, 3.63) is 0 Å². The van der Waals surface area contributed by atoms with Crippen molar-refractivity contribution in [1.29, 1.82) is 0 Å². The van der Waals surface area contributed by atoms with Crippen LogP contribution in [-0.4, -0.2) is 52.3 Å². The number of nitrogens with one attached hydrogen (secondary N) is 2. The van der Waals surface area contributed by atoms with E-state index in [-0.39, 0.29) is 25.3 Å². The molecule has 7 nitrogen and oxygen atoms in total. The monoisotopic (exact) mass is 306 g/mol. The van der Waals surface area contributed by atoms with Crippen molar-refractivity contribution in [3.63, 3.8) is 0 Å². The van der Waals surface area contributed by atoms with Gasteiger partial charge in [0.25, 0.3) is 0 Å². The molecule has 0 saturated carbocycles. The molecule has 8 heteroatoms. The Hall–Kier alpha value is -1.44. The van der Waals surface area contributed by atoms with E-state index >= 15 is 0 Å². The molecule has 4 N–H and O–H groups in total.